The fraction of sp³-hybridized carbons (Fsp3) is 0.286. The fourth-order valence-electron chi connectivity index (χ4n) is 3.70. The molecule has 0 heterocycles. The Morgan fingerprint density at radius 1 is 0.941 bits per heavy atom. The highest BCUT2D eigenvalue weighted by molar-refractivity contribution is 6.30. The molecule has 0 saturated heterocycles. The average Bonchev–Trinajstić information content (AvgIpc) is 2.81. The highest BCUT2D eigenvalue weighted by Crippen LogP contribution is 2.18. The van der Waals surface area contributed by atoms with Crippen molar-refractivity contribution in [2.75, 3.05) is 6.61 Å². The standard InChI is InChI=1S/C28H31ClN2O3/c1-20(2)30-28(33)26(17-22-9-5-4-6-10-22)31(18-23-11-7-8-21(3)16-23)27(32)19-34-25-14-12-24(29)13-15-25/h4-16,20,26H,17-19H2,1-3H3,(H,30,33). The summed E-state index contributed by atoms with van der Waals surface area (Å²) < 4.78 is 5.74. The average molecular weight is 479 g/mol. The molecule has 2 amide bonds. The largest absolute Gasteiger partial charge is 0.484 e. The van der Waals surface area contributed by atoms with Crippen LogP contribution < -0.4 is 10.1 Å². The van der Waals surface area contributed by atoms with Crippen molar-refractivity contribution in [1.29, 1.82) is 0 Å². The lowest BCUT2D eigenvalue weighted by molar-refractivity contribution is -0.143. The molecule has 0 fully saturated rings. The van der Waals surface area contributed by atoms with E-state index in [4.69, 9.17) is 16.3 Å². The maximum Gasteiger partial charge on any atom is 0.261 e. The summed E-state index contributed by atoms with van der Waals surface area (Å²) in [4.78, 5) is 28.4. The molecule has 0 aliphatic rings. The van der Waals surface area contributed by atoms with E-state index in [1.54, 1.807) is 29.2 Å². The molecule has 1 atom stereocenters. The normalized spacial score (nSPS) is 11.7. The number of carbonyl (C=O) groups excluding carboxylic acids is 2. The van der Waals surface area contributed by atoms with Crippen LogP contribution in [0.25, 0.3) is 0 Å². The van der Waals surface area contributed by atoms with Crippen LogP contribution in [0.15, 0.2) is 78.9 Å². The zero-order valence-corrected chi connectivity index (χ0v) is 20.6. The molecule has 6 heteroatoms. The third-order valence-electron chi connectivity index (χ3n) is 5.31. The van der Waals surface area contributed by atoms with Crippen molar-refractivity contribution in [3.63, 3.8) is 0 Å². The molecule has 0 aliphatic carbocycles. The van der Waals surface area contributed by atoms with Crippen LogP contribution in [0.5, 0.6) is 5.75 Å². The molecule has 1 unspecified atom stereocenters. The van der Waals surface area contributed by atoms with E-state index >= 15 is 0 Å². The van der Waals surface area contributed by atoms with Crippen LogP contribution in [0.2, 0.25) is 5.02 Å². The smallest absolute Gasteiger partial charge is 0.261 e. The van der Waals surface area contributed by atoms with E-state index in [9.17, 15) is 9.59 Å². The fourth-order valence-corrected chi connectivity index (χ4v) is 3.83. The predicted octanol–water partition coefficient (Wildman–Crippen LogP) is 5.19. The number of aryl methyl sites for hydroxylation is 1. The Morgan fingerprint density at radius 3 is 2.26 bits per heavy atom. The van der Waals surface area contributed by atoms with Gasteiger partial charge in [-0.15, -0.1) is 0 Å². The lowest BCUT2D eigenvalue weighted by Crippen LogP contribution is -2.52. The van der Waals surface area contributed by atoms with Crippen LogP contribution in [0.4, 0.5) is 0 Å². The van der Waals surface area contributed by atoms with Crippen LogP contribution >= 0.6 is 11.6 Å². The number of halogens is 1. The molecular formula is C28H31ClN2O3. The number of ether oxygens (including phenoxy) is 1. The monoisotopic (exact) mass is 478 g/mol. The van der Waals surface area contributed by atoms with Gasteiger partial charge in [0.25, 0.3) is 5.91 Å². The molecule has 1 N–H and O–H groups in total. The quantitative estimate of drug-likeness (QED) is 0.436. The Labute approximate surface area is 206 Å². The molecule has 34 heavy (non-hydrogen) atoms. The van der Waals surface area contributed by atoms with Gasteiger partial charge in [0, 0.05) is 24.0 Å². The Hall–Kier alpha value is -3.31. The van der Waals surface area contributed by atoms with Crippen molar-refractivity contribution in [3.05, 3.63) is 101 Å². The van der Waals surface area contributed by atoms with Gasteiger partial charge in [0.05, 0.1) is 0 Å². The second-order valence-electron chi connectivity index (χ2n) is 8.62. The number of carbonyl (C=O) groups is 2. The number of hydrogen-bond donors (Lipinski definition) is 1. The van der Waals surface area contributed by atoms with Gasteiger partial charge in [-0.3, -0.25) is 9.59 Å². The SMILES string of the molecule is Cc1cccc(CN(C(=O)COc2ccc(Cl)cc2)C(Cc2ccccc2)C(=O)NC(C)C)c1. The van der Waals surface area contributed by atoms with Gasteiger partial charge in [0.1, 0.15) is 11.8 Å². The van der Waals surface area contributed by atoms with Crippen molar-refractivity contribution >= 4 is 23.4 Å². The van der Waals surface area contributed by atoms with E-state index in [2.05, 4.69) is 5.32 Å². The zero-order chi connectivity index (χ0) is 24.5. The number of hydrogen-bond acceptors (Lipinski definition) is 3. The van der Waals surface area contributed by atoms with Crippen LogP contribution in [-0.2, 0) is 22.6 Å². The van der Waals surface area contributed by atoms with Crippen molar-refractivity contribution in [3.8, 4) is 5.75 Å². The van der Waals surface area contributed by atoms with E-state index in [1.807, 2.05) is 75.4 Å². The van der Waals surface area contributed by atoms with Gasteiger partial charge >= 0.3 is 0 Å². The highest BCUT2D eigenvalue weighted by atomic mass is 35.5. The Kier molecular flexibility index (Phi) is 9.11. The van der Waals surface area contributed by atoms with E-state index in [1.165, 1.54) is 0 Å². The molecule has 0 aliphatic heterocycles. The molecule has 3 rings (SSSR count). The van der Waals surface area contributed by atoms with E-state index < -0.39 is 6.04 Å². The lowest BCUT2D eigenvalue weighted by Gasteiger charge is -2.32. The minimum atomic E-state index is -0.688. The summed E-state index contributed by atoms with van der Waals surface area (Å²) in [5.41, 5.74) is 3.02. The summed E-state index contributed by atoms with van der Waals surface area (Å²) in [6.07, 6.45) is 0.401. The summed E-state index contributed by atoms with van der Waals surface area (Å²) in [6.45, 7) is 5.94. The summed E-state index contributed by atoms with van der Waals surface area (Å²) in [5, 5.41) is 3.58. The van der Waals surface area contributed by atoms with Crippen molar-refractivity contribution in [2.45, 2.75) is 45.8 Å². The minimum Gasteiger partial charge on any atom is -0.484 e. The van der Waals surface area contributed by atoms with Gasteiger partial charge in [0.2, 0.25) is 5.91 Å². The van der Waals surface area contributed by atoms with Crippen LogP contribution in [0, 0.1) is 6.92 Å². The summed E-state index contributed by atoms with van der Waals surface area (Å²) >= 11 is 5.95. The Bertz CT molecular complexity index is 1080. The molecule has 0 radical (unpaired) electrons. The number of nitrogens with one attached hydrogen (secondary N) is 1. The minimum absolute atomic E-state index is 0.0491. The first-order chi connectivity index (χ1) is 16.3. The topological polar surface area (TPSA) is 58.6 Å². The molecule has 0 aromatic heterocycles. The Morgan fingerprint density at radius 2 is 1.62 bits per heavy atom. The predicted molar refractivity (Wildman–Crippen MR) is 136 cm³/mol. The van der Waals surface area contributed by atoms with Crippen molar-refractivity contribution in [2.24, 2.45) is 0 Å². The molecule has 5 nitrogen and oxygen atoms in total. The van der Waals surface area contributed by atoms with Crippen LogP contribution in [-0.4, -0.2) is 35.4 Å². The van der Waals surface area contributed by atoms with Crippen molar-refractivity contribution < 1.29 is 14.3 Å². The lowest BCUT2D eigenvalue weighted by atomic mass is 10.0. The highest BCUT2D eigenvalue weighted by Gasteiger charge is 2.31. The summed E-state index contributed by atoms with van der Waals surface area (Å²) in [7, 11) is 0. The van der Waals surface area contributed by atoms with Crippen LogP contribution in [0.3, 0.4) is 0 Å². The molecule has 0 bridgehead atoms. The van der Waals surface area contributed by atoms with Gasteiger partial charge in [-0.25, -0.2) is 0 Å². The van der Waals surface area contributed by atoms with E-state index in [-0.39, 0.29) is 24.5 Å². The number of nitrogens with zero attached hydrogens (tertiary/aromatic N) is 1. The van der Waals surface area contributed by atoms with Gasteiger partial charge in [-0.2, -0.15) is 0 Å². The van der Waals surface area contributed by atoms with Crippen LogP contribution in [0.1, 0.15) is 30.5 Å². The number of benzene rings is 3. The second-order valence-corrected chi connectivity index (χ2v) is 9.06. The van der Waals surface area contributed by atoms with E-state index in [0.717, 1.165) is 16.7 Å². The second kappa shape index (κ2) is 12.2. The molecule has 3 aromatic rings. The first-order valence-electron chi connectivity index (χ1n) is 11.4. The zero-order valence-electron chi connectivity index (χ0n) is 19.8. The molecule has 178 valence electrons. The Balaban J connectivity index is 1.90. The third kappa shape index (κ3) is 7.63. The third-order valence-corrected chi connectivity index (χ3v) is 5.57. The maximum atomic E-state index is 13.5. The summed E-state index contributed by atoms with van der Waals surface area (Å²) in [6, 6.07) is 23.8. The van der Waals surface area contributed by atoms with Gasteiger partial charge in [0.15, 0.2) is 6.61 Å². The van der Waals surface area contributed by atoms with Crippen molar-refractivity contribution in [1.82, 2.24) is 10.2 Å². The number of amides is 2. The molecule has 0 saturated carbocycles. The maximum absolute atomic E-state index is 13.5. The number of rotatable bonds is 10. The first kappa shape index (κ1) is 25.3. The van der Waals surface area contributed by atoms with Gasteiger partial charge in [-0.05, 0) is 56.2 Å². The molecule has 3 aromatic carbocycles. The molecule has 0 spiro atoms. The van der Waals surface area contributed by atoms with E-state index in [0.29, 0.717) is 23.7 Å². The van der Waals surface area contributed by atoms with Gasteiger partial charge < -0.3 is 15.0 Å². The van der Waals surface area contributed by atoms with Gasteiger partial charge in [-0.1, -0.05) is 71.8 Å². The first-order valence-corrected chi connectivity index (χ1v) is 11.8. The summed E-state index contributed by atoms with van der Waals surface area (Å²) in [5.74, 6) is 0.0853. The molecular weight excluding hydrogens is 448 g/mol.